The van der Waals surface area contributed by atoms with Gasteiger partial charge in [0.25, 0.3) is 0 Å². The Bertz CT molecular complexity index is 382. The molecule has 0 aliphatic heterocycles. The minimum absolute atomic E-state index is 0.669. The second kappa shape index (κ2) is 3.83. The van der Waals surface area contributed by atoms with Crippen LogP contribution in [0.2, 0.25) is 0 Å². The van der Waals surface area contributed by atoms with Gasteiger partial charge in [-0.15, -0.1) is 3.63 Å². The molecule has 1 aromatic heterocycles. The second-order valence-electron chi connectivity index (χ2n) is 1.68. The van der Waals surface area contributed by atoms with Gasteiger partial charge in [-0.3, -0.25) is 4.28 Å². The molecular formula is C3H3N2O6S2-. The first-order valence-corrected chi connectivity index (χ1v) is 5.05. The predicted molar refractivity (Wildman–Crippen MR) is 37.7 cm³/mol. The molecule has 0 radical (unpaired) electrons. The third-order valence-corrected chi connectivity index (χ3v) is 2.26. The summed E-state index contributed by atoms with van der Waals surface area (Å²) in [6.07, 6.45) is 3.40. The third-order valence-electron chi connectivity index (χ3n) is 0.796. The van der Waals surface area contributed by atoms with Gasteiger partial charge in [0.1, 0.15) is 17.7 Å². The topological polar surface area (TPSA) is 111 Å². The lowest BCUT2D eigenvalue weighted by Gasteiger charge is -2.06. The Labute approximate surface area is 75.9 Å². The summed E-state index contributed by atoms with van der Waals surface area (Å²) in [6, 6.07) is 0. The van der Waals surface area contributed by atoms with Crippen LogP contribution >= 0.6 is 0 Å². The van der Waals surface area contributed by atoms with Gasteiger partial charge in [0.2, 0.25) is 0 Å². The summed E-state index contributed by atoms with van der Waals surface area (Å²) >= 11 is -3.19. The van der Waals surface area contributed by atoms with E-state index in [0.717, 1.165) is 12.5 Å². The van der Waals surface area contributed by atoms with Crippen LogP contribution in [0.3, 0.4) is 0 Å². The molecule has 13 heavy (non-hydrogen) atoms. The molecule has 0 N–H and O–H groups in total. The van der Waals surface area contributed by atoms with Gasteiger partial charge < -0.3 is 4.55 Å². The van der Waals surface area contributed by atoms with E-state index in [1.165, 1.54) is 6.20 Å². The van der Waals surface area contributed by atoms with Crippen LogP contribution in [0.25, 0.3) is 0 Å². The number of imidazole rings is 1. The van der Waals surface area contributed by atoms with Crippen molar-refractivity contribution in [1.29, 1.82) is 0 Å². The minimum Gasteiger partial charge on any atom is -0.749 e. The standard InChI is InChI=1S/C3H4N2O6S2/c6-12(7)11-13(8,9)10-5-2-1-4-3-5/h1-3H,(H,6,7)/p-1. The van der Waals surface area contributed by atoms with E-state index in [-0.39, 0.29) is 0 Å². The average molecular weight is 227 g/mol. The van der Waals surface area contributed by atoms with Gasteiger partial charge in [-0.25, -0.2) is 9.19 Å². The number of hydrogen-bond acceptors (Lipinski definition) is 7. The Morgan fingerprint density at radius 3 is 2.69 bits per heavy atom. The average Bonchev–Trinajstić information content (AvgIpc) is 2.34. The molecule has 0 saturated carbocycles. The van der Waals surface area contributed by atoms with Crippen LogP contribution in [0.15, 0.2) is 18.7 Å². The van der Waals surface area contributed by atoms with Crippen molar-refractivity contribution in [1.82, 2.24) is 9.71 Å². The third kappa shape index (κ3) is 3.50. The second-order valence-corrected chi connectivity index (χ2v) is 3.60. The van der Waals surface area contributed by atoms with Crippen LogP contribution in [0.5, 0.6) is 0 Å². The lowest BCUT2D eigenvalue weighted by atomic mass is 11.0. The molecule has 1 heterocycles. The highest BCUT2D eigenvalue weighted by molar-refractivity contribution is 7.92. The van der Waals surface area contributed by atoms with E-state index in [4.69, 9.17) is 0 Å². The summed E-state index contributed by atoms with van der Waals surface area (Å²) < 4.78 is 49.1. The molecule has 74 valence electrons. The van der Waals surface area contributed by atoms with E-state index in [1.807, 2.05) is 0 Å². The van der Waals surface area contributed by atoms with Crippen LogP contribution in [0.1, 0.15) is 0 Å². The van der Waals surface area contributed by atoms with Crippen molar-refractivity contribution < 1.29 is 25.1 Å². The molecule has 0 aliphatic carbocycles. The fourth-order valence-corrected chi connectivity index (χ4v) is 1.42. The molecule has 0 amide bonds. The van der Waals surface area contributed by atoms with Gasteiger partial charge in [0.05, 0.1) is 6.20 Å². The molecule has 1 atom stereocenters. The largest absolute Gasteiger partial charge is 0.749 e. The van der Waals surface area contributed by atoms with Gasteiger partial charge in [0, 0.05) is 6.20 Å². The van der Waals surface area contributed by atoms with Crippen LogP contribution in [0.4, 0.5) is 0 Å². The molecule has 1 rings (SSSR count). The predicted octanol–water partition coefficient (Wildman–Crippen LogP) is -1.63. The fraction of sp³-hybridized carbons (Fsp3) is 0. The van der Waals surface area contributed by atoms with Crippen LogP contribution < -0.4 is 4.28 Å². The summed E-state index contributed by atoms with van der Waals surface area (Å²) in [7, 11) is -4.59. The molecule has 1 unspecified atom stereocenters. The zero-order valence-electron chi connectivity index (χ0n) is 5.89. The van der Waals surface area contributed by atoms with E-state index in [9.17, 15) is 17.2 Å². The number of rotatable bonds is 4. The summed E-state index contributed by atoms with van der Waals surface area (Å²) in [5.74, 6) is 0. The van der Waals surface area contributed by atoms with Crippen molar-refractivity contribution in [3.8, 4) is 0 Å². The fourth-order valence-electron chi connectivity index (χ4n) is 0.477. The van der Waals surface area contributed by atoms with Gasteiger partial charge in [0.15, 0.2) is 0 Å². The zero-order chi connectivity index (χ0) is 9.90. The Morgan fingerprint density at radius 2 is 2.23 bits per heavy atom. The van der Waals surface area contributed by atoms with Gasteiger partial charge in [-0.2, -0.15) is 13.1 Å². The Balaban J connectivity index is 2.68. The maximum absolute atomic E-state index is 10.6. The maximum atomic E-state index is 10.6. The maximum Gasteiger partial charge on any atom is 0.480 e. The summed E-state index contributed by atoms with van der Waals surface area (Å²) in [5, 5.41) is 0. The molecular weight excluding hydrogens is 224 g/mol. The normalized spacial score (nSPS) is 13.9. The lowest BCUT2D eigenvalue weighted by molar-refractivity contribution is 0.242. The summed E-state index contributed by atoms with van der Waals surface area (Å²) in [4.78, 5) is 3.45. The monoisotopic (exact) mass is 227 g/mol. The van der Waals surface area contributed by atoms with E-state index in [2.05, 4.69) is 12.9 Å². The first-order chi connectivity index (χ1) is 5.99. The van der Waals surface area contributed by atoms with Crippen LogP contribution in [-0.2, 0) is 25.4 Å². The molecule has 0 fully saturated rings. The van der Waals surface area contributed by atoms with Crippen molar-refractivity contribution in [3.63, 3.8) is 0 Å². The quantitative estimate of drug-likeness (QED) is 0.567. The highest BCUT2D eigenvalue weighted by Crippen LogP contribution is 1.94. The molecule has 0 spiro atoms. The zero-order valence-corrected chi connectivity index (χ0v) is 7.53. The molecule has 0 saturated heterocycles. The first kappa shape index (κ1) is 10.1. The smallest absolute Gasteiger partial charge is 0.480 e. The van der Waals surface area contributed by atoms with Gasteiger partial charge in [-0.1, -0.05) is 0 Å². The molecule has 8 nitrogen and oxygen atoms in total. The number of nitrogens with zero attached hydrogens (tertiary/aromatic N) is 2. The Hall–Kier alpha value is -0.970. The van der Waals surface area contributed by atoms with E-state index < -0.39 is 21.8 Å². The van der Waals surface area contributed by atoms with Gasteiger partial charge >= 0.3 is 10.4 Å². The van der Waals surface area contributed by atoms with Crippen molar-refractivity contribution in [2.75, 3.05) is 0 Å². The number of hydrogen-bond donors (Lipinski definition) is 0. The van der Waals surface area contributed by atoms with Crippen molar-refractivity contribution >= 4 is 21.8 Å². The van der Waals surface area contributed by atoms with E-state index in [0.29, 0.717) is 4.73 Å². The molecule has 1 aromatic rings. The SMILES string of the molecule is O=S([O-])OS(=O)(=O)On1ccnc1. The molecule has 0 aliphatic rings. The highest BCUT2D eigenvalue weighted by Gasteiger charge is 2.14. The van der Waals surface area contributed by atoms with Crippen LogP contribution in [-0.4, -0.2) is 26.9 Å². The molecule has 10 heteroatoms. The van der Waals surface area contributed by atoms with E-state index in [1.54, 1.807) is 0 Å². The highest BCUT2D eigenvalue weighted by atomic mass is 32.3. The van der Waals surface area contributed by atoms with E-state index >= 15 is 0 Å². The van der Waals surface area contributed by atoms with Crippen molar-refractivity contribution in [2.45, 2.75) is 0 Å². The summed E-state index contributed by atoms with van der Waals surface area (Å²) in [6.45, 7) is 0. The van der Waals surface area contributed by atoms with Crippen LogP contribution in [0, 0.1) is 0 Å². The summed E-state index contributed by atoms with van der Waals surface area (Å²) in [5.41, 5.74) is 0. The molecule has 0 bridgehead atoms. The lowest BCUT2D eigenvalue weighted by Crippen LogP contribution is -2.22. The van der Waals surface area contributed by atoms with Crippen molar-refractivity contribution in [2.24, 2.45) is 0 Å². The Kier molecular flexibility index (Phi) is 2.98. The van der Waals surface area contributed by atoms with Gasteiger partial charge in [-0.05, 0) is 0 Å². The number of aromatic nitrogens is 2. The van der Waals surface area contributed by atoms with Crippen molar-refractivity contribution in [3.05, 3.63) is 18.7 Å². The first-order valence-electron chi connectivity index (χ1n) is 2.72. The minimum atomic E-state index is -4.59. The molecule has 0 aromatic carbocycles. The Morgan fingerprint density at radius 1 is 1.54 bits per heavy atom.